The molecule has 0 heterocycles. The van der Waals surface area contributed by atoms with E-state index in [0.29, 0.717) is 13.1 Å². The molecular weight excluding hydrogens is 186 g/mol. The second-order valence-electron chi connectivity index (χ2n) is 3.12. The molecule has 0 unspecified atom stereocenters. The number of rotatable bonds is 5. The molecule has 5 heteroatoms. The maximum absolute atomic E-state index is 11.1. The van der Waals surface area contributed by atoms with Gasteiger partial charge in [0, 0.05) is 13.1 Å². The molecule has 0 atom stereocenters. The molecule has 0 aromatic heterocycles. The Morgan fingerprint density at radius 2 is 2.00 bits per heavy atom. The van der Waals surface area contributed by atoms with Crippen LogP contribution in [0.5, 0.6) is 0 Å². The fourth-order valence-electron chi connectivity index (χ4n) is 0.881. The van der Waals surface area contributed by atoms with Crippen LogP contribution in [0.3, 0.4) is 0 Å². The Morgan fingerprint density at radius 1 is 1.38 bits per heavy atom. The molecule has 0 saturated heterocycles. The molecule has 0 aromatic rings. The monoisotopic (exact) mass is 205 g/mol. The summed E-state index contributed by atoms with van der Waals surface area (Å²) in [5.41, 5.74) is 0. The van der Waals surface area contributed by atoms with Gasteiger partial charge in [-0.05, 0) is 34.0 Å². The third-order valence-corrected chi connectivity index (χ3v) is 1.92. The van der Waals surface area contributed by atoms with E-state index in [1.54, 1.807) is 0 Å². The predicted molar refractivity (Wildman–Crippen MR) is 57.9 cm³/mol. The summed E-state index contributed by atoms with van der Waals surface area (Å²) in [6.45, 7) is 4.17. The minimum absolute atomic E-state index is 0.121. The molecule has 4 nitrogen and oxygen atoms in total. The van der Waals surface area contributed by atoms with Crippen molar-refractivity contribution in [3.63, 3.8) is 0 Å². The Kier molecular flexibility index (Phi) is 6.80. The van der Waals surface area contributed by atoms with E-state index in [0.717, 1.165) is 13.0 Å². The maximum Gasteiger partial charge on any atom is 0.327 e. The average Bonchev–Trinajstić information content (AvgIpc) is 2.04. The normalized spacial score (nSPS) is 10.2. The SMILES string of the molecule is CCNC(=O)N(S)CCCN(C)C. The molecule has 0 radical (unpaired) electrons. The van der Waals surface area contributed by atoms with Crippen molar-refractivity contribution in [2.45, 2.75) is 13.3 Å². The molecule has 0 aliphatic heterocycles. The van der Waals surface area contributed by atoms with Crippen LogP contribution in [-0.4, -0.2) is 49.0 Å². The number of nitrogens with zero attached hydrogens (tertiary/aromatic N) is 2. The summed E-state index contributed by atoms with van der Waals surface area (Å²) < 4.78 is 1.41. The third-order valence-electron chi connectivity index (χ3n) is 1.54. The molecule has 0 bridgehead atoms. The number of urea groups is 1. The standard InChI is InChI=1S/C8H19N3OS/c1-4-9-8(12)11(13)7-5-6-10(2)3/h13H,4-7H2,1-3H3,(H,9,12). The predicted octanol–water partition coefficient (Wildman–Crippen LogP) is 0.814. The van der Waals surface area contributed by atoms with Gasteiger partial charge in [-0.15, -0.1) is 0 Å². The van der Waals surface area contributed by atoms with Crippen LogP contribution in [0.2, 0.25) is 0 Å². The zero-order valence-electron chi connectivity index (χ0n) is 8.58. The van der Waals surface area contributed by atoms with Gasteiger partial charge in [0.05, 0.1) is 0 Å². The highest BCUT2D eigenvalue weighted by molar-refractivity contribution is 7.78. The molecule has 0 rings (SSSR count). The lowest BCUT2D eigenvalue weighted by Gasteiger charge is -2.17. The molecule has 0 fully saturated rings. The van der Waals surface area contributed by atoms with E-state index in [1.807, 2.05) is 21.0 Å². The Morgan fingerprint density at radius 3 is 2.46 bits per heavy atom. The van der Waals surface area contributed by atoms with Gasteiger partial charge in [0.1, 0.15) is 0 Å². The third kappa shape index (κ3) is 6.72. The van der Waals surface area contributed by atoms with Crippen molar-refractivity contribution in [3.05, 3.63) is 0 Å². The number of nitrogens with one attached hydrogen (secondary N) is 1. The second kappa shape index (κ2) is 7.03. The van der Waals surface area contributed by atoms with Crippen LogP contribution in [0, 0.1) is 0 Å². The molecule has 0 saturated carbocycles. The summed E-state index contributed by atoms with van der Waals surface area (Å²) >= 11 is 4.06. The number of hydrogen-bond acceptors (Lipinski definition) is 3. The molecule has 2 amide bonds. The lowest BCUT2D eigenvalue weighted by molar-refractivity contribution is 0.225. The van der Waals surface area contributed by atoms with Gasteiger partial charge in [-0.2, -0.15) is 0 Å². The first-order valence-electron chi connectivity index (χ1n) is 4.47. The molecule has 0 aliphatic carbocycles. The Bertz CT molecular complexity index is 152. The van der Waals surface area contributed by atoms with Crippen LogP contribution in [-0.2, 0) is 0 Å². The quantitative estimate of drug-likeness (QED) is 0.652. The van der Waals surface area contributed by atoms with Crippen molar-refractivity contribution in [1.82, 2.24) is 14.5 Å². The summed E-state index contributed by atoms with van der Waals surface area (Å²) in [6, 6.07) is -0.121. The number of carbonyl (C=O) groups excluding carboxylic acids is 1. The highest BCUT2D eigenvalue weighted by Crippen LogP contribution is 1.96. The van der Waals surface area contributed by atoms with Crippen LogP contribution in [0.4, 0.5) is 4.79 Å². The summed E-state index contributed by atoms with van der Waals surface area (Å²) in [7, 11) is 4.02. The lowest BCUT2D eigenvalue weighted by atomic mass is 10.4. The van der Waals surface area contributed by atoms with Crippen molar-refractivity contribution in [3.8, 4) is 0 Å². The summed E-state index contributed by atoms with van der Waals surface area (Å²) in [4.78, 5) is 13.2. The Hall–Kier alpha value is -0.420. The highest BCUT2D eigenvalue weighted by atomic mass is 32.1. The summed E-state index contributed by atoms with van der Waals surface area (Å²) in [6.07, 6.45) is 0.938. The van der Waals surface area contributed by atoms with Crippen molar-refractivity contribution < 1.29 is 4.79 Å². The van der Waals surface area contributed by atoms with Crippen LogP contribution in [0.1, 0.15) is 13.3 Å². The van der Waals surface area contributed by atoms with Crippen molar-refractivity contribution >= 4 is 18.8 Å². The Balaban J connectivity index is 3.49. The average molecular weight is 205 g/mol. The largest absolute Gasteiger partial charge is 0.338 e. The van der Waals surface area contributed by atoms with E-state index in [9.17, 15) is 4.79 Å². The van der Waals surface area contributed by atoms with Gasteiger partial charge in [-0.3, -0.25) is 4.31 Å². The minimum atomic E-state index is -0.121. The first-order valence-corrected chi connectivity index (χ1v) is 4.87. The second-order valence-corrected chi connectivity index (χ2v) is 3.60. The molecule has 0 aliphatic rings. The van der Waals surface area contributed by atoms with Crippen LogP contribution in [0.15, 0.2) is 0 Å². The lowest BCUT2D eigenvalue weighted by Crippen LogP contribution is -2.35. The van der Waals surface area contributed by atoms with Gasteiger partial charge in [0.15, 0.2) is 0 Å². The number of thiol groups is 1. The fourth-order valence-corrected chi connectivity index (χ4v) is 1.09. The van der Waals surface area contributed by atoms with Crippen molar-refractivity contribution in [2.75, 3.05) is 33.7 Å². The van der Waals surface area contributed by atoms with Gasteiger partial charge in [-0.25, -0.2) is 4.79 Å². The fraction of sp³-hybridized carbons (Fsp3) is 0.875. The summed E-state index contributed by atoms with van der Waals surface area (Å²) in [5.74, 6) is 0. The smallest absolute Gasteiger partial charge is 0.327 e. The molecule has 0 aromatic carbocycles. The van der Waals surface area contributed by atoms with Crippen LogP contribution >= 0.6 is 12.8 Å². The number of hydrogen-bond donors (Lipinski definition) is 2. The van der Waals surface area contributed by atoms with E-state index < -0.39 is 0 Å². The maximum atomic E-state index is 11.1. The molecular formula is C8H19N3OS. The van der Waals surface area contributed by atoms with Gasteiger partial charge >= 0.3 is 6.03 Å². The molecule has 0 spiro atoms. The van der Waals surface area contributed by atoms with Crippen molar-refractivity contribution in [1.29, 1.82) is 0 Å². The van der Waals surface area contributed by atoms with Gasteiger partial charge < -0.3 is 10.2 Å². The van der Waals surface area contributed by atoms with Gasteiger partial charge in [0.25, 0.3) is 0 Å². The molecule has 1 N–H and O–H groups in total. The van der Waals surface area contributed by atoms with E-state index in [1.165, 1.54) is 4.31 Å². The molecule has 13 heavy (non-hydrogen) atoms. The van der Waals surface area contributed by atoms with Crippen LogP contribution in [0.25, 0.3) is 0 Å². The zero-order chi connectivity index (χ0) is 10.3. The first kappa shape index (κ1) is 12.6. The highest BCUT2D eigenvalue weighted by Gasteiger charge is 2.06. The van der Waals surface area contributed by atoms with E-state index in [4.69, 9.17) is 0 Å². The first-order chi connectivity index (χ1) is 6.07. The number of carbonyl (C=O) groups is 1. The topological polar surface area (TPSA) is 35.6 Å². The summed E-state index contributed by atoms with van der Waals surface area (Å²) in [5, 5.41) is 2.68. The van der Waals surface area contributed by atoms with Gasteiger partial charge in [-0.1, -0.05) is 12.8 Å². The van der Waals surface area contributed by atoms with E-state index in [-0.39, 0.29) is 6.03 Å². The zero-order valence-corrected chi connectivity index (χ0v) is 9.47. The van der Waals surface area contributed by atoms with E-state index in [2.05, 4.69) is 23.0 Å². The van der Waals surface area contributed by atoms with Crippen LogP contribution < -0.4 is 5.32 Å². The molecule has 78 valence electrons. The van der Waals surface area contributed by atoms with Gasteiger partial charge in [0.2, 0.25) is 0 Å². The Labute approximate surface area is 85.8 Å². The minimum Gasteiger partial charge on any atom is -0.338 e. The van der Waals surface area contributed by atoms with E-state index >= 15 is 0 Å². The number of amides is 2. The van der Waals surface area contributed by atoms with Crippen molar-refractivity contribution in [2.24, 2.45) is 0 Å².